The van der Waals surface area contributed by atoms with E-state index in [0.717, 1.165) is 6.07 Å². The van der Waals surface area contributed by atoms with Gasteiger partial charge in [-0.2, -0.15) is 0 Å². The molecule has 190 valence electrons. The van der Waals surface area contributed by atoms with E-state index in [9.17, 15) is 25.0 Å². The van der Waals surface area contributed by atoms with E-state index < -0.39 is 9.85 Å². The molecule has 0 heterocycles. The highest BCUT2D eigenvalue weighted by molar-refractivity contribution is 5.88. The fourth-order valence-corrected chi connectivity index (χ4v) is 2.79. The van der Waals surface area contributed by atoms with E-state index in [1.807, 2.05) is 0 Å². The first kappa shape index (κ1) is 27.4. The Balaban J connectivity index is 1.46. The molecule has 35 heavy (non-hydrogen) atoms. The monoisotopic (exact) mass is 492 g/mol. The Hall–Kier alpha value is -3.81. The Morgan fingerprint density at radius 2 is 1.43 bits per heavy atom. The summed E-state index contributed by atoms with van der Waals surface area (Å²) in [7, 11) is 0. The van der Waals surface area contributed by atoms with Gasteiger partial charge in [-0.05, 0) is 30.3 Å². The van der Waals surface area contributed by atoms with E-state index in [-0.39, 0.29) is 36.1 Å². The highest BCUT2D eigenvalue weighted by Crippen LogP contribution is 2.28. The van der Waals surface area contributed by atoms with Gasteiger partial charge >= 0.3 is 0 Å². The quantitative estimate of drug-likeness (QED) is 0.190. The molecule has 13 nitrogen and oxygen atoms in total. The molecule has 1 amide bonds. The molecule has 0 aliphatic rings. The van der Waals surface area contributed by atoms with Gasteiger partial charge in [-0.3, -0.25) is 25.0 Å². The van der Waals surface area contributed by atoms with Crippen molar-refractivity contribution in [2.75, 3.05) is 63.4 Å². The van der Waals surface area contributed by atoms with Gasteiger partial charge in [0.15, 0.2) is 0 Å². The summed E-state index contributed by atoms with van der Waals surface area (Å²) < 4.78 is 21.8. The molecule has 0 aromatic heterocycles. The van der Waals surface area contributed by atoms with Crippen LogP contribution in [0.25, 0.3) is 0 Å². The highest BCUT2D eigenvalue weighted by Gasteiger charge is 2.18. The average molecular weight is 492 g/mol. The van der Waals surface area contributed by atoms with E-state index in [2.05, 4.69) is 10.6 Å². The van der Waals surface area contributed by atoms with Crippen molar-refractivity contribution < 1.29 is 33.6 Å². The summed E-state index contributed by atoms with van der Waals surface area (Å²) in [5, 5.41) is 27.4. The van der Waals surface area contributed by atoms with Gasteiger partial charge in [-0.1, -0.05) is 0 Å². The van der Waals surface area contributed by atoms with E-state index >= 15 is 0 Å². The second-order valence-electron chi connectivity index (χ2n) is 7.03. The van der Waals surface area contributed by atoms with Crippen molar-refractivity contribution in [1.29, 1.82) is 0 Å². The van der Waals surface area contributed by atoms with Crippen LogP contribution < -0.4 is 15.4 Å². The number of non-ortho nitro benzene ring substituents is 1. The molecule has 2 aromatic rings. The molecule has 13 heteroatoms. The number of rotatable bonds is 17. The molecular weight excluding hydrogens is 464 g/mol. The third-order valence-corrected chi connectivity index (χ3v) is 4.37. The lowest BCUT2D eigenvalue weighted by molar-refractivity contribution is -0.393. The van der Waals surface area contributed by atoms with Crippen LogP contribution in [0, 0.1) is 20.2 Å². The number of benzene rings is 2. The number of ether oxygens (including phenoxy) is 4. The summed E-state index contributed by atoms with van der Waals surface area (Å²) in [6.45, 7) is 4.27. The number of amides is 1. The number of carbonyl (C=O) groups is 1. The maximum atomic E-state index is 11.1. The average Bonchev–Trinajstić information content (AvgIpc) is 2.82. The molecule has 2 N–H and O–H groups in total. The standard InChI is InChI=1S/C22H28N4O9/c1-17(27)24-18-2-5-20(6-3-18)35-15-14-34-13-12-33-11-10-32-9-8-23-21-7-4-19(25(28)29)16-22(21)26(30)31/h2-7,16,23H,8-15H2,1H3,(H,24,27). The second kappa shape index (κ2) is 15.2. The Morgan fingerprint density at radius 3 is 2.00 bits per heavy atom. The topological polar surface area (TPSA) is 164 Å². The molecule has 2 rings (SSSR count). The fraction of sp³-hybridized carbons (Fsp3) is 0.409. The van der Waals surface area contributed by atoms with Gasteiger partial charge in [0.05, 0.1) is 55.6 Å². The molecule has 0 saturated carbocycles. The van der Waals surface area contributed by atoms with Gasteiger partial charge in [-0.15, -0.1) is 0 Å². The lowest BCUT2D eigenvalue weighted by Crippen LogP contribution is -2.15. The summed E-state index contributed by atoms with van der Waals surface area (Å²) in [6, 6.07) is 10.4. The number of hydrogen-bond donors (Lipinski definition) is 2. The van der Waals surface area contributed by atoms with Gasteiger partial charge in [-0.25, -0.2) is 0 Å². The lowest BCUT2D eigenvalue weighted by Gasteiger charge is -2.09. The van der Waals surface area contributed by atoms with E-state index in [1.165, 1.54) is 19.1 Å². The summed E-state index contributed by atoms with van der Waals surface area (Å²) in [5.41, 5.74) is 0.171. The predicted molar refractivity (Wildman–Crippen MR) is 127 cm³/mol. The van der Waals surface area contributed by atoms with Crippen molar-refractivity contribution in [2.24, 2.45) is 0 Å². The second-order valence-corrected chi connectivity index (χ2v) is 7.03. The van der Waals surface area contributed by atoms with Crippen molar-refractivity contribution >= 4 is 28.7 Å². The van der Waals surface area contributed by atoms with Crippen LogP contribution in [0.5, 0.6) is 5.75 Å². The van der Waals surface area contributed by atoms with Crippen molar-refractivity contribution in [3.05, 3.63) is 62.7 Å². The van der Waals surface area contributed by atoms with Crippen LogP contribution in [0.15, 0.2) is 42.5 Å². The minimum Gasteiger partial charge on any atom is -0.491 e. The largest absolute Gasteiger partial charge is 0.491 e. The number of nitro benzene ring substituents is 2. The van der Waals surface area contributed by atoms with Crippen molar-refractivity contribution in [1.82, 2.24) is 0 Å². The Morgan fingerprint density at radius 1 is 0.829 bits per heavy atom. The zero-order valence-corrected chi connectivity index (χ0v) is 19.3. The van der Waals surface area contributed by atoms with E-state index in [0.29, 0.717) is 51.1 Å². The summed E-state index contributed by atoms with van der Waals surface area (Å²) >= 11 is 0. The van der Waals surface area contributed by atoms with Gasteiger partial charge in [0.25, 0.3) is 11.4 Å². The number of carbonyl (C=O) groups excluding carboxylic acids is 1. The SMILES string of the molecule is CC(=O)Nc1ccc(OCCOCCOCCOCCNc2ccc([N+](=O)[O-])cc2[N+](=O)[O-])cc1. The maximum absolute atomic E-state index is 11.1. The van der Waals surface area contributed by atoms with E-state index in [4.69, 9.17) is 18.9 Å². The first-order chi connectivity index (χ1) is 16.9. The third kappa shape index (κ3) is 10.8. The van der Waals surface area contributed by atoms with Crippen LogP contribution in [0.2, 0.25) is 0 Å². The Labute approximate surface area is 201 Å². The van der Waals surface area contributed by atoms with Crippen molar-refractivity contribution in [3.63, 3.8) is 0 Å². The normalized spacial score (nSPS) is 10.5. The predicted octanol–water partition coefficient (Wildman–Crippen LogP) is 3.00. The number of nitro groups is 2. The van der Waals surface area contributed by atoms with Crippen molar-refractivity contribution in [3.8, 4) is 5.75 Å². The van der Waals surface area contributed by atoms with Crippen LogP contribution in [0.1, 0.15) is 6.92 Å². The minimum absolute atomic E-state index is 0.133. The van der Waals surface area contributed by atoms with Crippen LogP contribution in [0.3, 0.4) is 0 Å². The molecule has 2 aromatic carbocycles. The zero-order chi connectivity index (χ0) is 25.5. The number of anilines is 2. The fourth-order valence-electron chi connectivity index (χ4n) is 2.79. The summed E-state index contributed by atoms with van der Waals surface area (Å²) in [6.07, 6.45) is 0. The lowest BCUT2D eigenvalue weighted by atomic mass is 10.2. The Kier molecular flexibility index (Phi) is 11.9. The molecule has 0 radical (unpaired) electrons. The van der Waals surface area contributed by atoms with Gasteiger partial charge < -0.3 is 29.6 Å². The molecule has 0 unspecified atom stereocenters. The summed E-state index contributed by atoms with van der Waals surface area (Å²) in [5.74, 6) is 0.541. The highest BCUT2D eigenvalue weighted by atomic mass is 16.6. The molecular formula is C22H28N4O9. The van der Waals surface area contributed by atoms with Gasteiger partial charge in [0.2, 0.25) is 5.91 Å². The number of nitrogens with zero attached hydrogens (tertiary/aromatic N) is 2. The molecule has 0 spiro atoms. The molecule has 0 atom stereocenters. The molecule has 0 aliphatic heterocycles. The van der Waals surface area contributed by atoms with Crippen molar-refractivity contribution in [2.45, 2.75) is 6.92 Å². The van der Waals surface area contributed by atoms with Gasteiger partial charge in [0, 0.05) is 25.2 Å². The minimum atomic E-state index is -0.685. The third-order valence-electron chi connectivity index (χ3n) is 4.37. The maximum Gasteiger partial charge on any atom is 0.299 e. The number of nitrogens with one attached hydrogen (secondary N) is 2. The summed E-state index contributed by atoms with van der Waals surface area (Å²) in [4.78, 5) is 31.5. The molecule has 0 fully saturated rings. The zero-order valence-electron chi connectivity index (χ0n) is 19.3. The molecule has 0 bridgehead atoms. The Bertz CT molecular complexity index is 970. The van der Waals surface area contributed by atoms with Crippen LogP contribution in [-0.4, -0.2) is 68.5 Å². The number of hydrogen-bond acceptors (Lipinski definition) is 10. The van der Waals surface area contributed by atoms with Gasteiger partial charge in [0.1, 0.15) is 18.0 Å². The first-order valence-electron chi connectivity index (χ1n) is 10.8. The molecule has 0 aliphatic carbocycles. The first-order valence-corrected chi connectivity index (χ1v) is 10.8. The van der Waals surface area contributed by atoms with Crippen LogP contribution >= 0.6 is 0 Å². The van der Waals surface area contributed by atoms with Crippen LogP contribution in [0.4, 0.5) is 22.7 Å². The van der Waals surface area contributed by atoms with E-state index in [1.54, 1.807) is 24.3 Å². The smallest absolute Gasteiger partial charge is 0.299 e. The van der Waals surface area contributed by atoms with Crippen LogP contribution in [-0.2, 0) is 19.0 Å². The molecule has 0 saturated heterocycles.